The Morgan fingerprint density at radius 2 is 2.38 bits per heavy atom. The van der Waals surface area contributed by atoms with Crippen molar-refractivity contribution in [2.24, 2.45) is 5.92 Å². The lowest BCUT2D eigenvalue weighted by molar-refractivity contribution is -0.885. The van der Waals surface area contributed by atoms with Gasteiger partial charge in [-0.1, -0.05) is 0 Å². The van der Waals surface area contributed by atoms with Gasteiger partial charge in [0.15, 0.2) is 5.65 Å². The third-order valence-electron chi connectivity index (χ3n) is 5.13. The highest BCUT2D eigenvalue weighted by Crippen LogP contribution is 2.24. The molecular weight excluding hydrogens is 438 g/mol. The van der Waals surface area contributed by atoms with Gasteiger partial charge in [0.25, 0.3) is 0 Å². The fourth-order valence-corrected chi connectivity index (χ4v) is 3.89. The van der Waals surface area contributed by atoms with Crippen molar-refractivity contribution < 1.29 is 14.7 Å². The zero-order chi connectivity index (χ0) is 20.2. The Hall–Kier alpha value is -2.43. The van der Waals surface area contributed by atoms with Crippen molar-refractivity contribution in [2.45, 2.75) is 19.0 Å². The van der Waals surface area contributed by atoms with Crippen molar-refractivity contribution in [1.29, 1.82) is 0 Å². The van der Waals surface area contributed by atoms with Crippen molar-refractivity contribution >= 4 is 33.2 Å². The molecular formula is C19H25BrN7O2+. The van der Waals surface area contributed by atoms with Gasteiger partial charge in [-0.05, 0) is 35.0 Å². The highest BCUT2D eigenvalue weighted by molar-refractivity contribution is 9.10. The summed E-state index contributed by atoms with van der Waals surface area (Å²) < 4.78 is 4.25. The molecule has 9 nitrogen and oxygen atoms in total. The number of anilines is 2. The molecule has 3 aromatic rings. The second-order valence-electron chi connectivity index (χ2n) is 7.05. The number of nitrogens with one attached hydrogen (secondary N) is 3. The number of halogens is 1. The Morgan fingerprint density at radius 3 is 3.21 bits per heavy atom. The molecule has 10 heteroatoms. The van der Waals surface area contributed by atoms with E-state index in [0.717, 1.165) is 46.8 Å². The molecule has 0 radical (unpaired) electrons. The molecule has 2 atom stereocenters. The van der Waals surface area contributed by atoms with E-state index in [1.165, 1.54) is 0 Å². The first-order valence-corrected chi connectivity index (χ1v) is 10.4. The van der Waals surface area contributed by atoms with Gasteiger partial charge in [0.1, 0.15) is 18.7 Å². The highest BCUT2D eigenvalue weighted by atomic mass is 79.9. The molecule has 4 N–H and O–H groups in total. The standard InChI is InChI=1S/C19H25BrN7O2/c1-29-26-6-2-3-13(11-26)8-22-18-7-17(25-19-15(20)10-23-27(18)19)24-16-4-5-21-9-14(16)12-28/h2-3,6-7,10-11,14,16,21-22,28H,4-5,8-9,12H2,1H3,(H,24,25)/q+1. The molecule has 1 aliphatic heterocycles. The van der Waals surface area contributed by atoms with Crippen LogP contribution in [0.1, 0.15) is 12.0 Å². The number of hydrogen-bond acceptors (Lipinski definition) is 7. The molecule has 0 spiro atoms. The van der Waals surface area contributed by atoms with Gasteiger partial charge in [-0.25, -0.2) is 4.98 Å². The van der Waals surface area contributed by atoms with Crippen LogP contribution in [-0.4, -0.2) is 52.6 Å². The number of nitrogens with zero attached hydrogens (tertiary/aromatic N) is 4. The monoisotopic (exact) mass is 462 g/mol. The van der Waals surface area contributed by atoms with Gasteiger partial charge in [0, 0.05) is 54.1 Å². The molecule has 0 amide bonds. The Morgan fingerprint density at radius 1 is 1.48 bits per heavy atom. The van der Waals surface area contributed by atoms with Gasteiger partial charge in [0.05, 0.1) is 10.7 Å². The number of fused-ring (bicyclic) bond motifs is 1. The van der Waals surface area contributed by atoms with Crippen molar-refractivity contribution in [3.8, 4) is 0 Å². The molecule has 3 aromatic heterocycles. The largest absolute Gasteiger partial charge is 0.396 e. The van der Waals surface area contributed by atoms with Gasteiger partial charge in [0.2, 0.25) is 12.4 Å². The fraction of sp³-hybridized carbons (Fsp3) is 0.421. The number of rotatable bonds is 7. The van der Waals surface area contributed by atoms with E-state index < -0.39 is 0 Å². The quantitative estimate of drug-likeness (QED) is 0.386. The van der Waals surface area contributed by atoms with Crippen LogP contribution in [0.4, 0.5) is 11.6 Å². The molecule has 2 unspecified atom stereocenters. The van der Waals surface area contributed by atoms with E-state index in [1.54, 1.807) is 22.6 Å². The summed E-state index contributed by atoms with van der Waals surface area (Å²) in [6.45, 7) is 2.46. The summed E-state index contributed by atoms with van der Waals surface area (Å²) >= 11 is 3.53. The maximum Gasteiger partial charge on any atom is 0.227 e. The smallest absolute Gasteiger partial charge is 0.227 e. The van der Waals surface area contributed by atoms with Gasteiger partial charge < -0.3 is 21.1 Å². The Kier molecular flexibility index (Phi) is 6.12. The second-order valence-corrected chi connectivity index (χ2v) is 7.90. The molecule has 1 saturated heterocycles. The normalized spacial score (nSPS) is 19.3. The SMILES string of the molecule is CO[n+]1cccc(CNc2cc(NC3CCNCC3CO)nc3c(Br)cnn23)c1. The van der Waals surface area contributed by atoms with Crippen LogP contribution in [0.3, 0.4) is 0 Å². The van der Waals surface area contributed by atoms with Crippen LogP contribution in [0.2, 0.25) is 0 Å². The number of aliphatic hydroxyl groups excluding tert-OH is 1. The van der Waals surface area contributed by atoms with Gasteiger partial charge in [-0.2, -0.15) is 9.61 Å². The topological polar surface area (TPSA) is 99.6 Å². The van der Waals surface area contributed by atoms with Crippen LogP contribution in [0.5, 0.6) is 0 Å². The maximum absolute atomic E-state index is 9.68. The molecule has 1 fully saturated rings. The molecule has 4 heterocycles. The summed E-state index contributed by atoms with van der Waals surface area (Å²) in [4.78, 5) is 9.94. The summed E-state index contributed by atoms with van der Waals surface area (Å²) in [6.07, 6.45) is 6.43. The van der Waals surface area contributed by atoms with Crippen molar-refractivity contribution in [1.82, 2.24) is 19.9 Å². The second kappa shape index (κ2) is 8.93. The van der Waals surface area contributed by atoms with Crippen molar-refractivity contribution in [3.05, 3.63) is 46.8 Å². The van der Waals surface area contributed by atoms with Gasteiger partial charge in [-0.3, -0.25) is 4.84 Å². The predicted octanol–water partition coefficient (Wildman–Crippen LogP) is 0.832. The van der Waals surface area contributed by atoms with E-state index in [4.69, 9.17) is 9.82 Å². The number of aliphatic hydroxyl groups is 1. The minimum Gasteiger partial charge on any atom is -0.396 e. The van der Waals surface area contributed by atoms with Crippen LogP contribution in [-0.2, 0) is 6.54 Å². The maximum atomic E-state index is 9.68. The number of pyridine rings is 1. The van der Waals surface area contributed by atoms with Crippen LogP contribution in [0.15, 0.2) is 41.3 Å². The summed E-state index contributed by atoms with van der Waals surface area (Å²) in [6, 6.07) is 6.09. The van der Waals surface area contributed by atoms with Crippen molar-refractivity contribution in [3.63, 3.8) is 0 Å². The van der Waals surface area contributed by atoms with E-state index >= 15 is 0 Å². The van der Waals surface area contributed by atoms with E-state index in [2.05, 4.69) is 37.0 Å². The zero-order valence-electron chi connectivity index (χ0n) is 16.2. The summed E-state index contributed by atoms with van der Waals surface area (Å²) in [5, 5.41) is 24.4. The van der Waals surface area contributed by atoms with Crippen LogP contribution >= 0.6 is 15.9 Å². The molecule has 154 valence electrons. The first kappa shape index (κ1) is 19.9. The fourth-order valence-electron chi connectivity index (χ4n) is 3.54. The molecule has 0 bridgehead atoms. The van der Waals surface area contributed by atoms with E-state index in [1.807, 2.05) is 30.6 Å². The number of hydrogen-bond donors (Lipinski definition) is 4. The average Bonchev–Trinajstić information content (AvgIpc) is 3.13. The van der Waals surface area contributed by atoms with Crippen molar-refractivity contribution in [2.75, 3.05) is 37.4 Å². The lowest BCUT2D eigenvalue weighted by Crippen LogP contribution is -2.45. The van der Waals surface area contributed by atoms with E-state index in [0.29, 0.717) is 6.54 Å². The summed E-state index contributed by atoms with van der Waals surface area (Å²) in [7, 11) is 1.63. The highest BCUT2D eigenvalue weighted by Gasteiger charge is 2.25. The third-order valence-corrected chi connectivity index (χ3v) is 5.68. The third kappa shape index (κ3) is 4.44. The van der Waals surface area contributed by atoms with Gasteiger partial charge >= 0.3 is 0 Å². The average molecular weight is 463 g/mol. The number of piperidine rings is 1. The lowest BCUT2D eigenvalue weighted by Gasteiger charge is -2.32. The zero-order valence-corrected chi connectivity index (χ0v) is 17.8. The summed E-state index contributed by atoms with van der Waals surface area (Å²) in [5.74, 6) is 1.73. The Balaban J connectivity index is 1.59. The molecule has 0 aromatic carbocycles. The molecule has 4 rings (SSSR count). The lowest BCUT2D eigenvalue weighted by atomic mass is 9.94. The Labute approximate surface area is 177 Å². The molecule has 0 aliphatic carbocycles. The molecule has 29 heavy (non-hydrogen) atoms. The number of aromatic nitrogens is 4. The minimum absolute atomic E-state index is 0.141. The van der Waals surface area contributed by atoms with Crippen LogP contribution in [0, 0.1) is 5.92 Å². The van der Waals surface area contributed by atoms with Crippen LogP contribution in [0.25, 0.3) is 5.65 Å². The van der Waals surface area contributed by atoms with Gasteiger partial charge in [-0.15, -0.1) is 0 Å². The van der Waals surface area contributed by atoms with E-state index in [9.17, 15) is 5.11 Å². The minimum atomic E-state index is 0.141. The molecule has 0 saturated carbocycles. The van der Waals surface area contributed by atoms with E-state index in [-0.39, 0.29) is 18.6 Å². The Bertz CT molecular complexity index is 980. The summed E-state index contributed by atoms with van der Waals surface area (Å²) in [5.41, 5.74) is 1.80. The molecule has 1 aliphatic rings. The predicted molar refractivity (Wildman–Crippen MR) is 113 cm³/mol. The first-order valence-electron chi connectivity index (χ1n) is 9.59. The first-order chi connectivity index (χ1) is 14.2. The van der Waals surface area contributed by atoms with Crippen LogP contribution < -0.4 is 25.5 Å².